The van der Waals surface area contributed by atoms with Crippen molar-refractivity contribution in [1.29, 1.82) is 0 Å². The summed E-state index contributed by atoms with van der Waals surface area (Å²) in [6.07, 6.45) is 0.965. The lowest BCUT2D eigenvalue weighted by atomic mass is 9.98. The van der Waals surface area contributed by atoms with Crippen LogP contribution in [0.3, 0.4) is 0 Å². The summed E-state index contributed by atoms with van der Waals surface area (Å²) in [5.74, 6) is -1.07. The zero-order chi connectivity index (χ0) is 24.4. The SMILES string of the molecule is O=C(O)CCN(C(=O)c1cc(CNC(=O)OCC2c3ccccc3-c3ccccc32)on1)C1CC1. The lowest BCUT2D eigenvalue weighted by Gasteiger charge is -2.19. The zero-order valence-electron chi connectivity index (χ0n) is 19.0. The number of carboxylic acids is 1. The molecule has 1 saturated carbocycles. The number of fused-ring (bicyclic) bond motifs is 3. The van der Waals surface area contributed by atoms with Gasteiger partial charge in [0.1, 0.15) is 6.61 Å². The molecule has 0 unspecified atom stereocenters. The van der Waals surface area contributed by atoms with Gasteiger partial charge in [-0.2, -0.15) is 0 Å². The number of benzene rings is 2. The minimum atomic E-state index is -0.961. The topological polar surface area (TPSA) is 122 Å². The molecule has 0 spiro atoms. The number of aromatic nitrogens is 1. The van der Waals surface area contributed by atoms with Gasteiger partial charge in [0.05, 0.1) is 13.0 Å². The van der Waals surface area contributed by atoms with E-state index in [2.05, 4.69) is 34.7 Å². The van der Waals surface area contributed by atoms with Gasteiger partial charge in [-0.15, -0.1) is 0 Å². The van der Waals surface area contributed by atoms with Crippen molar-refractivity contribution in [3.63, 3.8) is 0 Å². The van der Waals surface area contributed by atoms with Crippen LogP contribution in [-0.2, 0) is 16.1 Å². The molecular weight excluding hydrogens is 450 g/mol. The van der Waals surface area contributed by atoms with Crippen LogP contribution in [0.25, 0.3) is 11.1 Å². The standard InChI is InChI=1S/C26H25N3O6/c30-24(31)11-12-29(16-9-10-16)25(32)23-13-17(35-28-23)14-27-26(33)34-15-22-20-7-3-1-5-18(20)19-6-2-4-8-21(19)22/h1-8,13,16,22H,9-12,14-15H2,(H,27,33)(H,30,31). The van der Waals surface area contributed by atoms with Gasteiger partial charge in [0.25, 0.3) is 5.91 Å². The molecule has 0 saturated heterocycles. The van der Waals surface area contributed by atoms with Crippen molar-refractivity contribution in [2.75, 3.05) is 13.2 Å². The fourth-order valence-corrected chi connectivity index (χ4v) is 4.51. The van der Waals surface area contributed by atoms with Crippen molar-refractivity contribution in [2.24, 2.45) is 0 Å². The van der Waals surface area contributed by atoms with Crippen LogP contribution >= 0.6 is 0 Å². The van der Waals surface area contributed by atoms with Gasteiger partial charge >= 0.3 is 12.1 Å². The van der Waals surface area contributed by atoms with Crippen molar-refractivity contribution in [2.45, 2.75) is 37.8 Å². The molecule has 2 aliphatic carbocycles. The molecule has 1 fully saturated rings. The Balaban J connectivity index is 1.16. The third-order valence-corrected chi connectivity index (χ3v) is 6.34. The van der Waals surface area contributed by atoms with Gasteiger partial charge in [0.2, 0.25) is 0 Å². The van der Waals surface area contributed by atoms with E-state index < -0.39 is 12.1 Å². The molecule has 0 atom stereocenters. The Kier molecular flexibility index (Phi) is 6.22. The minimum Gasteiger partial charge on any atom is -0.481 e. The first-order valence-corrected chi connectivity index (χ1v) is 11.6. The number of aliphatic carboxylic acids is 1. The maximum atomic E-state index is 12.7. The summed E-state index contributed by atoms with van der Waals surface area (Å²) >= 11 is 0. The Hall–Kier alpha value is -4.14. The number of amides is 2. The molecule has 2 amide bonds. The van der Waals surface area contributed by atoms with Crippen LogP contribution in [-0.4, -0.2) is 52.3 Å². The number of nitrogens with zero attached hydrogens (tertiary/aromatic N) is 2. The summed E-state index contributed by atoms with van der Waals surface area (Å²) < 4.78 is 10.7. The van der Waals surface area contributed by atoms with E-state index in [-0.39, 0.29) is 49.7 Å². The predicted molar refractivity (Wildman–Crippen MR) is 125 cm³/mol. The van der Waals surface area contributed by atoms with Crippen molar-refractivity contribution < 1.29 is 28.8 Å². The summed E-state index contributed by atoms with van der Waals surface area (Å²) in [4.78, 5) is 37.5. The highest BCUT2D eigenvalue weighted by Crippen LogP contribution is 2.44. The van der Waals surface area contributed by atoms with E-state index in [4.69, 9.17) is 14.4 Å². The Morgan fingerprint density at radius 2 is 1.71 bits per heavy atom. The van der Waals surface area contributed by atoms with Gasteiger partial charge < -0.3 is 24.6 Å². The van der Waals surface area contributed by atoms with E-state index in [0.29, 0.717) is 5.76 Å². The molecule has 1 heterocycles. The second-order valence-corrected chi connectivity index (χ2v) is 8.73. The molecule has 2 aromatic carbocycles. The third-order valence-electron chi connectivity index (χ3n) is 6.34. The first-order chi connectivity index (χ1) is 17.0. The fourth-order valence-electron chi connectivity index (χ4n) is 4.51. The van der Waals surface area contributed by atoms with Crippen LogP contribution in [0, 0.1) is 0 Å². The van der Waals surface area contributed by atoms with Gasteiger partial charge in [-0.1, -0.05) is 53.7 Å². The van der Waals surface area contributed by atoms with Crippen LogP contribution in [0.2, 0.25) is 0 Å². The Morgan fingerprint density at radius 3 is 2.34 bits per heavy atom. The lowest BCUT2D eigenvalue weighted by Crippen LogP contribution is -2.35. The highest BCUT2D eigenvalue weighted by Gasteiger charge is 2.34. The summed E-state index contributed by atoms with van der Waals surface area (Å²) in [7, 11) is 0. The van der Waals surface area contributed by atoms with Gasteiger partial charge in [0, 0.05) is 24.6 Å². The number of carbonyl (C=O) groups excluding carboxylic acids is 2. The number of carbonyl (C=O) groups is 3. The number of alkyl carbamates (subject to hydrolysis) is 1. The van der Waals surface area contributed by atoms with Crippen molar-refractivity contribution >= 4 is 18.0 Å². The lowest BCUT2D eigenvalue weighted by molar-refractivity contribution is -0.137. The number of rotatable bonds is 9. The zero-order valence-corrected chi connectivity index (χ0v) is 19.0. The first-order valence-electron chi connectivity index (χ1n) is 11.6. The molecule has 0 aliphatic heterocycles. The monoisotopic (exact) mass is 475 g/mol. The van der Waals surface area contributed by atoms with Crippen LogP contribution in [0.1, 0.15) is 52.6 Å². The van der Waals surface area contributed by atoms with Gasteiger partial charge in [-0.05, 0) is 35.1 Å². The Bertz CT molecular complexity index is 1220. The fraction of sp³-hybridized carbons (Fsp3) is 0.308. The number of hydrogen-bond acceptors (Lipinski definition) is 6. The van der Waals surface area contributed by atoms with Crippen LogP contribution < -0.4 is 5.32 Å². The summed E-state index contributed by atoms with van der Waals surface area (Å²) in [5, 5.41) is 15.4. The molecule has 0 bridgehead atoms. The highest BCUT2D eigenvalue weighted by atomic mass is 16.5. The molecule has 9 nitrogen and oxygen atoms in total. The third kappa shape index (κ3) is 4.89. The summed E-state index contributed by atoms with van der Waals surface area (Å²) in [6.45, 7) is 0.328. The van der Waals surface area contributed by atoms with E-state index in [9.17, 15) is 14.4 Å². The first kappa shape index (κ1) is 22.6. The maximum Gasteiger partial charge on any atom is 0.407 e. The number of nitrogens with one attached hydrogen (secondary N) is 1. The summed E-state index contributed by atoms with van der Waals surface area (Å²) in [6, 6.07) is 17.7. The molecule has 9 heteroatoms. The highest BCUT2D eigenvalue weighted by molar-refractivity contribution is 5.93. The van der Waals surface area contributed by atoms with Crippen molar-refractivity contribution in [1.82, 2.24) is 15.4 Å². The van der Waals surface area contributed by atoms with E-state index in [0.717, 1.165) is 35.1 Å². The van der Waals surface area contributed by atoms with Gasteiger partial charge in [-0.25, -0.2) is 4.79 Å². The van der Waals surface area contributed by atoms with Crippen molar-refractivity contribution in [3.8, 4) is 11.1 Å². The van der Waals surface area contributed by atoms with Crippen LogP contribution in [0.4, 0.5) is 4.79 Å². The largest absolute Gasteiger partial charge is 0.481 e. The molecule has 2 N–H and O–H groups in total. The summed E-state index contributed by atoms with van der Waals surface area (Å²) in [5.41, 5.74) is 4.65. The van der Waals surface area contributed by atoms with E-state index in [1.165, 1.54) is 11.0 Å². The normalized spacial score (nSPS) is 14.2. The van der Waals surface area contributed by atoms with Crippen molar-refractivity contribution in [3.05, 3.63) is 77.2 Å². The second kappa shape index (κ2) is 9.61. The van der Waals surface area contributed by atoms with Gasteiger partial charge in [0.15, 0.2) is 11.5 Å². The number of hydrogen-bond donors (Lipinski definition) is 2. The molecule has 1 aromatic heterocycles. The predicted octanol–water partition coefficient (Wildman–Crippen LogP) is 3.79. The van der Waals surface area contributed by atoms with E-state index >= 15 is 0 Å². The quantitative estimate of drug-likeness (QED) is 0.483. The molecule has 2 aliphatic rings. The van der Waals surface area contributed by atoms with Gasteiger partial charge in [-0.3, -0.25) is 9.59 Å². The van der Waals surface area contributed by atoms with E-state index in [1.54, 1.807) is 0 Å². The Morgan fingerprint density at radius 1 is 1.06 bits per heavy atom. The maximum absolute atomic E-state index is 12.7. The molecular formula is C26H25N3O6. The smallest absolute Gasteiger partial charge is 0.407 e. The molecule has 35 heavy (non-hydrogen) atoms. The number of carboxylic acid groups (broad SMARTS) is 1. The molecule has 5 rings (SSSR count). The van der Waals surface area contributed by atoms with Crippen LogP contribution in [0.5, 0.6) is 0 Å². The Labute approximate surface area is 201 Å². The second-order valence-electron chi connectivity index (χ2n) is 8.73. The minimum absolute atomic E-state index is 0.00943. The molecule has 180 valence electrons. The molecule has 0 radical (unpaired) electrons. The average Bonchev–Trinajstić information content (AvgIpc) is 3.49. The van der Waals surface area contributed by atoms with E-state index in [1.807, 2.05) is 24.3 Å². The number of ether oxygens (including phenoxy) is 1. The average molecular weight is 476 g/mol. The van der Waals surface area contributed by atoms with Crippen LogP contribution in [0.15, 0.2) is 59.1 Å². The molecule has 3 aromatic rings.